The Balaban J connectivity index is 0.00000162. The van der Waals surface area contributed by atoms with Crippen molar-refractivity contribution in [2.45, 2.75) is 12.5 Å². The molecular formula is C12H19ClN2O2S. The van der Waals surface area contributed by atoms with Crippen LogP contribution in [0.1, 0.15) is 18.1 Å². The van der Waals surface area contributed by atoms with Crippen molar-refractivity contribution in [2.75, 3.05) is 33.3 Å². The van der Waals surface area contributed by atoms with E-state index in [1.165, 1.54) is 5.56 Å². The van der Waals surface area contributed by atoms with Gasteiger partial charge < -0.3 is 15.0 Å². The third-order valence-corrected chi connectivity index (χ3v) is 3.62. The Morgan fingerprint density at radius 2 is 2.50 bits per heavy atom. The fourth-order valence-corrected chi connectivity index (χ4v) is 2.63. The topological polar surface area (TPSA) is 41.6 Å². The largest absolute Gasteiger partial charge is 0.370 e. The van der Waals surface area contributed by atoms with Gasteiger partial charge in [0.05, 0.1) is 13.2 Å². The van der Waals surface area contributed by atoms with Crippen LogP contribution in [-0.4, -0.2) is 44.1 Å². The monoisotopic (exact) mass is 290 g/mol. The molecule has 1 aromatic rings. The van der Waals surface area contributed by atoms with E-state index in [2.05, 4.69) is 16.8 Å². The van der Waals surface area contributed by atoms with E-state index in [0.29, 0.717) is 26.1 Å². The van der Waals surface area contributed by atoms with Crippen molar-refractivity contribution in [3.8, 4) is 0 Å². The maximum Gasteiger partial charge on any atom is 0.224 e. The van der Waals surface area contributed by atoms with Gasteiger partial charge in [0.25, 0.3) is 0 Å². The molecular weight excluding hydrogens is 272 g/mol. The Labute approximate surface area is 118 Å². The van der Waals surface area contributed by atoms with Gasteiger partial charge in [0.15, 0.2) is 0 Å². The lowest BCUT2D eigenvalue weighted by molar-refractivity contribution is -0.138. The molecule has 1 aromatic heterocycles. The number of nitrogens with one attached hydrogen (secondary N) is 1. The first-order chi connectivity index (χ1) is 8.31. The van der Waals surface area contributed by atoms with E-state index >= 15 is 0 Å². The SMILES string of the molecule is CNCCC(=O)N1CCOC(c2ccsc2)C1.Cl. The Morgan fingerprint density at radius 3 is 3.17 bits per heavy atom. The van der Waals surface area contributed by atoms with Gasteiger partial charge in [0.2, 0.25) is 5.91 Å². The number of rotatable bonds is 4. The van der Waals surface area contributed by atoms with Crippen LogP contribution >= 0.6 is 23.7 Å². The molecule has 1 amide bonds. The number of ether oxygens (including phenoxy) is 1. The molecule has 4 nitrogen and oxygen atoms in total. The number of hydrogen-bond acceptors (Lipinski definition) is 4. The first-order valence-electron chi connectivity index (χ1n) is 5.87. The zero-order valence-electron chi connectivity index (χ0n) is 10.4. The summed E-state index contributed by atoms with van der Waals surface area (Å²) >= 11 is 1.66. The molecule has 0 radical (unpaired) electrons. The molecule has 18 heavy (non-hydrogen) atoms. The number of carbonyl (C=O) groups excluding carboxylic acids is 1. The summed E-state index contributed by atoms with van der Waals surface area (Å²) in [4.78, 5) is 13.8. The first kappa shape index (κ1) is 15.4. The van der Waals surface area contributed by atoms with E-state index in [4.69, 9.17) is 4.74 Å². The predicted molar refractivity (Wildman–Crippen MR) is 75.4 cm³/mol. The molecule has 2 rings (SSSR count). The standard InChI is InChI=1S/C12H18N2O2S.ClH/c1-13-4-2-12(15)14-5-6-16-11(8-14)10-3-7-17-9-10;/h3,7,9,11,13H,2,4-6,8H2,1H3;1H. The van der Waals surface area contributed by atoms with Crippen molar-refractivity contribution >= 4 is 29.7 Å². The number of hydrogen-bond donors (Lipinski definition) is 1. The lowest BCUT2D eigenvalue weighted by atomic mass is 10.1. The summed E-state index contributed by atoms with van der Waals surface area (Å²) in [5.41, 5.74) is 1.18. The van der Waals surface area contributed by atoms with Crippen molar-refractivity contribution in [2.24, 2.45) is 0 Å². The van der Waals surface area contributed by atoms with E-state index in [1.54, 1.807) is 11.3 Å². The molecule has 0 aliphatic carbocycles. The molecule has 0 spiro atoms. The molecule has 1 aliphatic rings. The summed E-state index contributed by atoms with van der Waals surface area (Å²) < 4.78 is 5.70. The Hall–Kier alpha value is -0.620. The average molecular weight is 291 g/mol. The van der Waals surface area contributed by atoms with Gasteiger partial charge in [-0.25, -0.2) is 0 Å². The van der Waals surface area contributed by atoms with Crippen LogP contribution in [-0.2, 0) is 9.53 Å². The van der Waals surface area contributed by atoms with Crippen molar-refractivity contribution in [1.29, 1.82) is 0 Å². The summed E-state index contributed by atoms with van der Waals surface area (Å²) in [7, 11) is 1.86. The number of carbonyl (C=O) groups is 1. The van der Waals surface area contributed by atoms with Crippen LogP contribution in [0, 0.1) is 0 Å². The van der Waals surface area contributed by atoms with E-state index in [1.807, 2.05) is 17.3 Å². The number of morpholine rings is 1. The third-order valence-electron chi connectivity index (χ3n) is 2.92. The summed E-state index contributed by atoms with van der Waals surface area (Å²) in [6, 6.07) is 2.07. The second-order valence-electron chi connectivity index (χ2n) is 4.11. The van der Waals surface area contributed by atoms with Gasteiger partial charge in [-0.05, 0) is 29.4 Å². The fourth-order valence-electron chi connectivity index (χ4n) is 1.93. The van der Waals surface area contributed by atoms with Crippen LogP contribution in [0.2, 0.25) is 0 Å². The second kappa shape index (κ2) is 7.74. The maximum atomic E-state index is 11.9. The lowest BCUT2D eigenvalue weighted by Crippen LogP contribution is -2.42. The summed E-state index contributed by atoms with van der Waals surface area (Å²) in [5, 5.41) is 7.13. The molecule has 1 fully saturated rings. The third kappa shape index (κ3) is 3.95. The molecule has 1 unspecified atom stereocenters. The van der Waals surface area contributed by atoms with Crippen LogP contribution in [0.15, 0.2) is 16.8 Å². The highest BCUT2D eigenvalue weighted by Gasteiger charge is 2.24. The second-order valence-corrected chi connectivity index (χ2v) is 4.89. The van der Waals surface area contributed by atoms with E-state index in [9.17, 15) is 4.79 Å². The Bertz CT molecular complexity index is 359. The van der Waals surface area contributed by atoms with E-state index in [0.717, 1.165) is 6.54 Å². The summed E-state index contributed by atoms with van der Waals surface area (Å²) in [6.45, 7) is 2.76. The zero-order valence-corrected chi connectivity index (χ0v) is 12.1. The quantitative estimate of drug-likeness (QED) is 0.917. The minimum absolute atomic E-state index is 0. The number of amides is 1. The fraction of sp³-hybridized carbons (Fsp3) is 0.583. The highest BCUT2D eigenvalue weighted by atomic mass is 35.5. The van der Waals surface area contributed by atoms with Crippen LogP contribution in [0.5, 0.6) is 0 Å². The van der Waals surface area contributed by atoms with Gasteiger partial charge in [-0.3, -0.25) is 4.79 Å². The normalized spacial score (nSPS) is 19.4. The molecule has 1 saturated heterocycles. The van der Waals surface area contributed by atoms with Gasteiger partial charge in [-0.2, -0.15) is 11.3 Å². The molecule has 0 saturated carbocycles. The summed E-state index contributed by atoms with van der Waals surface area (Å²) in [6.07, 6.45) is 0.612. The zero-order chi connectivity index (χ0) is 12.1. The number of thiophene rings is 1. The van der Waals surface area contributed by atoms with Crippen molar-refractivity contribution in [3.63, 3.8) is 0 Å². The van der Waals surface area contributed by atoms with Gasteiger partial charge in [-0.15, -0.1) is 12.4 Å². The van der Waals surface area contributed by atoms with Crippen molar-refractivity contribution < 1.29 is 9.53 Å². The number of halogens is 1. The molecule has 1 atom stereocenters. The molecule has 1 N–H and O–H groups in total. The van der Waals surface area contributed by atoms with Gasteiger partial charge in [0, 0.05) is 19.5 Å². The molecule has 6 heteroatoms. The highest BCUT2D eigenvalue weighted by Crippen LogP contribution is 2.24. The molecule has 1 aliphatic heterocycles. The summed E-state index contributed by atoms with van der Waals surface area (Å²) in [5.74, 6) is 0.211. The molecule has 102 valence electrons. The molecule has 0 bridgehead atoms. The minimum Gasteiger partial charge on any atom is -0.370 e. The van der Waals surface area contributed by atoms with Crippen molar-refractivity contribution in [1.82, 2.24) is 10.2 Å². The van der Waals surface area contributed by atoms with Crippen LogP contribution in [0.4, 0.5) is 0 Å². The predicted octanol–water partition coefficient (Wildman–Crippen LogP) is 1.68. The lowest BCUT2D eigenvalue weighted by Gasteiger charge is -2.32. The van der Waals surface area contributed by atoms with E-state index < -0.39 is 0 Å². The molecule has 0 aromatic carbocycles. The Kier molecular flexibility index (Phi) is 6.63. The van der Waals surface area contributed by atoms with Crippen LogP contribution in [0.25, 0.3) is 0 Å². The highest BCUT2D eigenvalue weighted by molar-refractivity contribution is 7.07. The Morgan fingerprint density at radius 1 is 1.67 bits per heavy atom. The molecule has 2 heterocycles. The number of nitrogens with zero attached hydrogens (tertiary/aromatic N) is 1. The average Bonchev–Trinajstić information content (AvgIpc) is 2.90. The maximum absolute atomic E-state index is 11.9. The van der Waals surface area contributed by atoms with E-state index in [-0.39, 0.29) is 24.4 Å². The van der Waals surface area contributed by atoms with Crippen molar-refractivity contribution in [3.05, 3.63) is 22.4 Å². The smallest absolute Gasteiger partial charge is 0.224 e. The van der Waals surface area contributed by atoms with Crippen LogP contribution in [0.3, 0.4) is 0 Å². The minimum atomic E-state index is 0. The van der Waals surface area contributed by atoms with Crippen LogP contribution < -0.4 is 5.32 Å². The van der Waals surface area contributed by atoms with Gasteiger partial charge in [-0.1, -0.05) is 0 Å². The van der Waals surface area contributed by atoms with Gasteiger partial charge in [0.1, 0.15) is 6.10 Å². The van der Waals surface area contributed by atoms with Gasteiger partial charge >= 0.3 is 0 Å². The first-order valence-corrected chi connectivity index (χ1v) is 6.81.